The summed E-state index contributed by atoms with van der Waals surface area (Å²) in [7, 11) is 1.73. The van der Waals surface area contributed by atoms with Crippen molar-refractivity contribution >= 4 is 11.8 Å². The highest BCUT2D eigenvalue weighted by molar-refractivity contribution is 8.00. The zero-order chi connectivity index (χ0) is 10.2. The summed E-state index contributed by atoms with van der Waals surface area (Å²) in [4.78, 5) is 1.42. The second kappa shape index (κ2) is 3.51. The van der Waals surface area contributed by atoms with E-state index in [-0.39, 0.29) is 0 Å². The lowest BCUT2D eigenvalue weighted by Crippen LogP contribution is -2.32. The minimum Gasteiger partial charge on any atom is -0.389 e. The fraction of sp³-hybridized carbons (Fsp3) is 0.875. The first-order chi connectivity index (χ1) is 6.57. The zero-order valence-corrected chi connectivity index (χ0v) is 9.16. The number of rotatable bonds is 2. The summed E-state index contributed by atoms with van der Waals surface area (Å²) in [6.07, 6.45) is 1.33. The average molecular weight is 214 g/mol. The van der Waals surface area contributed by atoms with Gasteiger partial charge in [0, 0.05) is 17.4 Å². The van der Waals surface area contributed by atoms with Gasteiger partial charge in [0.1, 0.15) is 0 Å². The summed E-state index contributed by atoms with van der Waals surface area (Å²) < 4.78 is 0. The maximum absolute atomic E-state index is 10.2. The van der Waals surface area contributed by atoms with E-state index >= 15 is 0 Å². The third-order valence-electron chi connectivity index (χ3n) is 2.34. The Morgan fingerprint density at radius 3 is 3.00 bits per heavy atom. The number of aliphatic hydroxyl groups is 1. The lowest BCUT2D eigenvalue weighted by Gasteiger charge is -2.18. The number of aryl methyl sites for hydroxylation is 1. The van der Waals surface area contributed by atoms with Gasteiger partial charge in [0.2, 0.25) is 0 Å². The minimum absolute atomic E-state index is 0.512. The summed E-state index contributed by atoms with van der Waals surface area (Å²) in [6.45, 7) is 2.13. The van der Waals surface area contributed by atoms with E-state index in [1.165, 1.54) is 4.80 Å². The normalized spacial score (nSPS) is 32.4. The lowest BCUT2D eigenvalue weighted by molar-refractivity contribution is 0.0621. The Bertz CT molecular complexity index is 329. The number of nitrogens with zero attached hydrogens (tertiary/aromatic N) is 4. The number of aromatic nitrogens is 4. The predicted octanol–water partition coefficient (Wildman–Crippen LogP) is 0.00910. The first-order valence-corrected chi connectivity index (χ1v) is 5.69. The lowest BCUT2D eigenvalue weighted by atomic mass is 9.96. The van der Waals surface area contributed by atoms with Crippen LogP contribution < -0.4 is 0 Å². The molecule has 0 aliphatic carbocycles. The molecule has 1 aliphatic rings. The van der Waals surface area contributed by atoms with E-state index in [2.05, 4.69) is 22.3 Å². The van der Waals surface area contributed by atoms with Gasteiger partial charge in [-0.3, -0.25) is 0 Å². The Labute approximate surface area is 86.9 Å². The van der Waals surface area contributed by atoms with Gasteiger partial charge in [0.15, 0.2) is 5.82 Å². The van der Waals surface area contributed by atoms with Gasteiger partial charge in [-0.2, -0.15) is 16.6 Å². The third kappa shape index (κ3) is 2.06. The van der Waals surface area contributed by atoms with Gasteiger partial charge >= 0.3 is 0 Å². The molecule has 0 saturated carbocycles. The zero-order valence-electron chi connectivity index (χ0n) is 8.34. The molecule has 0 radical (unpaired) electrons. The molecule has 78 valence electrons. The minimum atomic E-state index is -0.632. The molecule has 0 spiro atoms. The molecule has 1 N–H and O–H groups in total. The fourth-order valence-corrected chi connectivity index (χ4v) is 3.00. The Balaban J connectivity index is 2.03. The van der Waals surface area contributed by atoms with Crippen molar-refractivity contribution in [1.82, 2.24) is 20.2 Å². The summed E-state index contributed by atoms with van der Waals surface area (Å²) in [5.41, 5.74) is -0.632. The number of hydrogen-bond donors (Lipinski definition) is 1. The van der Waals surface area contributed by atoms with Gasteiger partial charge in [0.25, 0.3) is 0 Å². The summed E-state index contributed by atoms with van der Waals surface area (Å²) in [6, 6.07) is 0. The molecule has 0 aromatic carbocycles. The third-order valence-corrected chi connectivity index (χ3v) is 3.78. The van der Waals surface area contributed by atoms with Crippen LogP contribution in [0.1, 0.15) is 19.2 Å². The predicted molar refractivity (Wildman–Crippen MR) is 54.0 cm³/mol. The Morgan fingerprint density at radius 2 is 2.50 bits per heavy atom. The molecule has 1 fully saturated rings. The van der Waals surface area contributed by atoms with Gasteiger partial charge < -0.3 is 5.11 Å². The Kier molecular flexibility index (Phi) is 2.48. The molecule has 0 bridgehead atoms. The first kappa shape index (κ1) is 9.92. The largest absolute Gasteiger partial charge is 0.389 e. The molecule has 1 saturated heterocycles. The quantitative estimate of drug-likeness (QED) is 0.751. The molecule has 1 aliphatic heterocycles. The Hall–Kier alpha value is -0.620. The topological polar surface area (TPSA) is 63.8 Å². The van der Waals surface area contributed by atoms with Crippen LogP contribution in [0.15, 0.2) is 0 Å². The van der Waals surface area contributed by atoms with Crippen LogP contribution in [-0.2, 0) is 13.5 Å². The van der Waals surface area contributed by atoms with E-state index in [9.17, 15) is 5.11 Å². The van der Waals surface area contributed by atoms with Crippen molar-refractivity contribution in [1.29, 1.82) is 0 Å². The van der Waals surface area contributed by atoms with Crippen molar-refractivity contribution in [2.45, 2.75) is 30.6 Å². The van der Waals surface area contributed by atoms with Crippen molar-refractivity contribution in [3.05, 3.63) is 5.82 Å². The van der Waals surface area contributed by atoms with Gasteiger partial charge in [-0.15, -0.1) is 10.2 Å². The van der Waals surface area contributed by atoms with Crippen LogP contribution in [0, 0.1) is 0 Å². The van der Waals surface area contributed by atoms with Crippen LogP contribution >= 0.6 is 11.8 Å². The number of thioether (sulfide) groups is 1. The maximum atomic E-state index is 10.2. The summed E-state index contributed by atoms with van der Waals surface area (Å²) in [5, 5.41) is 22.4. The molecule has 6 heteroatoms. The molecule has 0 amide bonds. The SMILES string of the molecule is CC1CC(O)(Cc2nnn(C)n2)CS1. The van der Waals surface area contributed by atoms with Crippen LogP contribution in [0.3, 0.4) is 0 Å². The molecule has 1 aromatic heterocycles. The van der Waals surface area contributed by atoms with Crippen molar-refractivity contribution in [3.8, 4) is 0 Å². The molecule has 1 aromatic rings. The van der Waals surface area contributed by atoms with E-state index < -0.39 is 5.60 Å². The van der Waals surface area contributed by atoms with E-state index in [1.54, 1.807) is 18.8 Å². The summed E-state index contributed by atoms with van der Waals surface area (Å²) in [5.74, 6) is 1.40. The van der Waals surface area contributed by atoms with Crippen LogP contribution in [0.25, 0.3) is 0 Å². The van der Waals surface area contributed by atoms with Crippen molar-refractivity contribution < 1.29 is 5.11 Å². The second-order valence-electron chi connectivity index (χ2n) is 3.92. The monoisotopic (exact) mass is 214 g/mol. The van der Waals surface area contributed by atoms with Crippen LogP contribution in [0.5, 0.6) is 0 Å². The molecular formula is C8H14N4OS. The van der Waals surface area contributed by atoms with Crippen LogP contribution in [0.2, 0.25) is 0 Å². The van der Waals surface area contributed by atoms with Crippen molar-refractivity contribution in [3.63, 3.8) is 0 Å². The highest BCUT2D eigenvalue weighted by Crippen LogP contribution is 2.35. The molecule has 2 unspecified atom stereocenters. The van der Waals surface area contributed by atoms with Gasteiger partial charge in [-0.1, -0.05) is 6.92 Å². The maximum Gasteiger partial charge on any atom is 0.177 e. The first-order valence-electron chi connectivity index (χ1n) is 4.64. The number of tetrazole rings is 1. The van der Waals surface area contributed by atoms with Gasteiger partial charge in [-0.05, 0) is 11.6 Å². The number of hydrogen-bond acceptors (Lipinski definition) is 5. The molecular weight excluding hydrogens is 200 g/mol. The van der Waals surface area contributed by atoms with Gasteiger partial charge in [0.05, 0.1) is 12.6 Å². The highest BCUT2D eigenvalue weighted by atomic mass is 32.2. The van der Waals surface area contributed by atoms with Crippen LogP contribution in [0.4, 0.5) is 0 Å². The molecule has 5 nitrogen and oxygen atoms in total. The summed E-state index contributed by atoms with van der Waals surface area (Å²) >= 11 is 1.80. The molecule has 2 heterocycles. The second-order valence-corrected chi connectivity index (χ2v) is 5.35. The van der Waals surface area contributed by atoms with E-state index in [0.717, 1.165) is 12.2 Å². The van der Waals surface area contributed by atoms with E-state index in [1.807, 2.05) is 0 Å². The smallest absolute Gasteiger partial charge is 0.177 e. The molecule has 14 heavy (non-hydrogen) atoms. The average Bonchev–Trinajstić information content (AvgIpc) is 2.60. The fourth-order valence-electron chi connectivity index (χ4n) is 1.76. The van der Waals surface area contributed by atoms with Crippen molar-refractivity contribution in [2.24, 2.45) is 7.05 Å². The van der Waals surface area contributed by atoms with Crippen LogP contribution in [-0.4, -0.2) is 41.9 Å². The molecule has 2 rings (SSSR count). The Morgan fingerprint density at radius 1 is 1.71 bits per heavy atom. The van der Waals surface area contributed by atoms with E-state index in [4.69, 9.17) is 0 Å². The van der Waals surface area contributed by atoms with Crippen molar-refractivity contribution in [2.75, 3.05) is 5.75 Å². The van der Waals surface area contributed by atoms with E-state index in [0.29, 0.717) is 17.5 Å². The molecule has 2 atom stereocenters. The van der Waals surface area contributed by atoms with Gasteiger partial charge in [-0.25, -0.2) is 0 Å². The standard InChI is InChI=1S/C8H14N4OS/c1-6-3-8(13,5-14-6)4-7-9-11-12(2)10-7/h6,13H,3-5H2,1-2H3. The highest BCUT2D eigenvalue weighted by Gasteiger charge is 2.37.